The van der Waals surface area contributed by atoms with Gasteiger partial charge in [0.15, 0.2) is 0 Å². The van der Waals surface area contributed by atoms with Gasteiger partial charge in [0.05, 0.1) is 5.69 Å². The first-order chi connectivity index (χ1) is 9.96. The van der Waals surface area contributed by atoms with Crippen molar-refractivity contribution in [3.8, 4) is 0 Å². The van der Waals surface area contributed by atoms with E-state index >= 15 is 0 Å². The molecular weight excluding hydrogens is 258 g/mol. The van der Waals surface area contributed by atoms with Gasteiger partial charge in [0.2, 0.25) is 0 Å². The van der Waals surface area contributed by atoms with E-state index in [2.05, 4.69) is 56.3 Å². The van der Waals surface area contributed by atoms with Crippen molar-refractivity contribution >= 4 is 0 Å². The Hall–Kier alpha value is -1.61. The number of hydrogen-bond acceptors (Lipinski definition) is 2. The van der Waals surface area contributed by atoms with E-state index in [1.165, 1.54) is 33.6 Å². The molecule has 1 aromatic heterocycles. The maximum Gasteiger partial charge on any atom is 0.0624 e. The zero-order valence-corrected chi connectivity index (χ0v) is 14.1. The van der Waals surface area contributed by atoms with Gasteiger partial charge in [-0.05, 0) is 57.0 Å². The monoisotopic (exact) mass is 285 g/mol. The molecule has 1 aromatic carbocycles. The Morgan fingerprint density at radius 1 is 1.14 bits per heavy atom. The Balaban J connectivity index is 2.34. The van der Waals surface area contributed by atoms with Crippen LogP contribution in [0.3, 0.4) is 0 Å². The largest absolute Gasteiger partial charge is 0.313 e. The molecule has 3 heteroatoms. The first-order valence-corrected chi connectivity index (χ1v) is 7.73. The van der Waals surface area contributed by atoms with Crippen LogP contribution in [0.4, 0.5) is 0 Å². The Labute approximate surface area is 128 Å². The van der Waals surface area contributed by atoms with Gasteiger partial charge < -0.3 is 5.32 Å². The molecule has 0 radical (unpaired) electrons. The van der Waals surface area contributed by atoms with Crippen LogP contribution in [0.1, 0.15) is 46.6 Å². The minimum atomic E-state index is 0.325. The molecule has 21 heavy (non-hydrogen) atoms. The van der Waals surface area contributed by atoms with E-state index in [0.29, 0.717) is 6.04 Å². The smallest absolute Gasteiger partial charge is 0.0624 e. The molecule has 114 valence electrons. The number of hydrogen-bond donors (Lipinski definition) is 1. The Kier molecular flexibility index (Phi) is 4.84. The summed E-state index contributed by atoms with van der Waals surface area (Å²) in [5.41, 5.74) is 7.93. The fourth-order valence-corrected chi connectivity index (χ4v) is 3.23. The third-order valence-corrected chi connectivity index (χ3v) is 4.24. The summed E-state index contributed by atoms with van der Waals surface area (Å²) >= 11 is 0. The van der Waals surface area contributed by atoms with Gasteiger partial charge in [0, 0.05) is 25.2 Å². The second-order valence-corrected chi connectivity index (χ2v) is 5.96. The van der Waals surface area contributed by atoms with Gasteiger partial charge in [-0.1, -0.05) is 24.6 Å². The fourth-order valence-electron chi connectivity index (χ4n) is 3.23. The topological polar surface area (TPSA) is 29.9 Å². The van der Waals surface area contributed by atoms with Crippen molar-refractivity contribution in [1.82, 2.24) is 15.1 Å². The molecule has 0 saturated heterocycles. The van der Waals surface area contributed by atoms with Crippen molar-refractivity contribution in [1.29, 1.82) is 0 Å². The molecule has 1 unspecified atom stereocenters. The molecule has 0 spiro atoms. The van der Waals surface area contributed by atoms with Gasteiger partial charge in [-0.2, -0.15) is 5.10 Å². The van der Waals surface area contributed by atoms with Crippen LogP contribution < -0.4 is 5.32 Å². The minimum absolute atomic E-state index is 0.325. The van der Waals surface area contributed by atoms with E-state index in [1.54, 1.807) is 0 Å². The summed E-state index contributed by atoms with van der Waals surface area (Å²) in [5.74, 6) is 0. The van der Waals surface area contributed by atoms with E-state index in [0.717, 1.165) is 12.8 Å². The van der Waals surface area contributed by atoms with Gasteiger partial charge in [0.25, 0.3) is 0 Å². The number of likely N-dealkylation sites (N-methyl/N-ethyl adjacent to an activating group) is 1. The van der Waals surface area contributed by atoms with Crippen molar-refractivity contribution in [2.24, 2.45) is 7.05 Å². The van der Waals surface area contributed by atoms with Crippen molar-refractivity contribution in [2.75, 3.05) is 7.05 Å². The lowest BCUT2D eigenvalue weighted by Crippen LogP contribution is -2.22. The highest BCUT2D eigenvalue weighted by Gasteiger charge is 2.17. The highest BCUT2D eigenvalue weighted by Crippen LogP contribution is 2.26. The normalized spacial score (nSPS) is 12.7. The summed E-state index contributed by atoms with van der Waals surface area (Å²) in [5, 5.41) is 8.04. The SMILES string of the molecule is CCc1cc(CC(NC)c2c(C)cc(C)cc2C)n(C)n1. The van der Waals surface area contributed by atoms with Crippen LogP contribution in [-0.2, 0) is 19.9 Å². The Bertz CT molecular complexity index is 602. The first-order valence-electron chi connectivity index (χ1n) is 7.73. The summed E-state index contributed by atoms with van der Waals surface area (Å²) in [7, 11) is 4.08. The number of nitrogens with one attached hydrogen (secondary N) is 1. The van der Waals surface area contributed by atoms with E-state index in [1.807, 2.05) is 18.8 Å². The second kappa shape index (κ2) is 6.44. The van der Waals surface area contributed by atoms with E-state index in [9.17, 15) is 0 Å². The lowest BCUT2D eigenvalue weighted by Gasteiger charge is -2.22. The van der Waals surface area contributed by atoms with Crippen molar-refractivity contribution in [3.63, 3.8) is 0 Å². The first kappa shape index (κ1) is 15.8. The third kappa shape index (κ3) is 3.35. The quantitative estimate of drug-likeness (QED) is 0.912. The van der Waals surface area contributed by atoms with Gasteiger partial charge in [0.1, 0.15) is 0 Å². The molecule has 1 heterocycles. The fraction of sp³-hybridized carbons (Fsp3) is 0.500. The van der Waals surface area contributed by atoms with Crippen LogP contribution >= 0.6 is 0 Å². The van der Waals surface area contributed by atoms with Crippen LogP contribution in [-0.4, -0.2) is 16.8 Å². The maximum absolute atomic E-state index is 4.56. The minimum Gasteiger partial charge on any atom is -0.313 e. The summed E-state index contributed by atoms with van der Waals surface area (Å²) < 4.78 is 2.02. The highest BCUT2D eigenvalue weighted by molar-refractivity contribution is 5.40. The van der Waals surface area contributed by atoms with Crippen molar-refractivity contribution in [3.05, 3.63) is 51.8 Å². The number of nitrogens with zero attached hydrogens (tertiary/aromatic N) is 2. The molecule has 2 aromatic rings. The van der Waals surface area contributed by atoms with E-state index in [4.69, 9.17) is 0 Å². The lowest BCUT2D eigenvalue weighted by atomic mass is 9.91. The number of aryl methyl sites for hydroxylation is 5. The van der Waals surface area contributed by atoms with Crippen molar-refractivity contribution in [2.45, 2.75) is 46.6 Å². The molecule has 2 rings (SSSR count). The van der Waals surface area contributed by atoms with Crippen LogP contribution in [0.5, 0.6) is 0 Å². The van der Waals surface area contributed by atoms with Gasteiger partial charge in [-0.15, -0.1) is 0 Å². The summed E-state index contributed by atoms with van der Waals surface area (Å²) in [6, 6.07) is 7.09. The molecule has 0 aliphatic heterocycles. The zero-order valence-electron chi connectivity index (χ0n) is 14.1. The van der Waals surface area contributed by atoms with Gasteiger partial charge in [-0.3, -0.25) is 4.68 Å². The Morgan fingerprint density at radius 3 is 2.24 bits per heavy atom. The average Bonchev–Trinajstić information content (AvgIpc) is 2.77. The zero-order chi connectivity index (χ0) is 15.6. The average molecular weight is 285 g/mol. The molecule has 0 saturated carbocycles. The Morgan fingerprint density at radius 2 is 1.76 bits per heavy atom. The van der Waals surface area contributed by atoms with Crippen LogP contribution in [0.2, 0.25) is 0 Å². The molecule has 1 N–H and O–H groups in total. The van der Waals surface area contributed by atoms with E-state index in [-0.39, 0.29) is 0 Å². The molecule has 0 bridgehead atoms. The standard InChI is InChI=1S/C18H27N3/c1-7-15-10-16(21(6)20-15)11-17(19-5)18-13(3)8-12(2)9-14(18)4/h8-10,17,19H,7,11H2,1-6H3. The van der Waals surface area contributed by atoms with Crippen LogP contribution in [0, 0.1) is 20.8 Å². The predicted molar refractivity (Wildman–Crippen MR) is 88.7 cm³/mol. The number of aromatic nitrogens is 2. The van der Waals surface area contributed by atoms with Gasteiger partial charge in [-0.25, -0.2) is 0 Å². The molecule has 1 atom stereocenters. The van der Waals surface area contributed by atoms with Crippen LogP contribution in [0.25, 0.3) is 0 Å². The van der Waals surface area contributed by atoms with Crippen molar-refractivity contribution < 1.29 is 0 Å². The second-order valence-electron chi connectivity index (χ2n) is 5.96. The molecule has 0 aliphatic rings. The molecule has 0 fully saturated rings. The third-order valence-electron chi connectivity index (χ3n) is 4.24. The molecule has 3 nitrogen and oxygen atoms in total. The highest BCUT2D eigenvalue weighted by atomic mass is 15.3. The predicted octanol–water partition coefficient (Wildman–Crippen LogP) is 3.41. The molecular formula is C18H27N3. The lowest BCUT2D eigenvalue weighted by molar-refractivity contribution is 0.556. The summed E-state index contributed by atoms with van der Waals surface area (Å²) in [4.78, 5) is 0. The summed E-state index contributed by atoms with van der Waals surface area (Å²) in [6.07, 6.45) is 1.95. The molecule has 0 amide bonds. The number of rotatable bonds is 5. The van der Waals surface area contributed by atoms with Gasteiger partial charge >= 0.3 is 0 Å². The molecule has 0 aliphatic carbocycles. The van der Waals surface area contributed by atoms with E-state index < -0.39 is 0 Å². The van der Waals surface area contributed by atoms with Crippen LogP contribution in [0.15, 0.2) is 18.2 Å². The maximum atomic E-state index is 4.56. The number of benzene rings is 1. The summed E-state index contributed by atoms with van der Waals surface area (Å²) in [6.45, 7) is 8.73.